The molecule has 0 aliphatic carbocycles. The third-order valence-corrected chi connectivity index (χ3v) is 1.08. The maximum atomic E-state index is 9.72. The van der Waals surface area contributed by atoms with Gasteiger partial charge in [0.25, 0.3) is 0 Å². The van der Waals surface area contributed by atoms with Crippen LogP contribution in [0.1, 0.15) is 20.3 Å². The van der Waals surface area contributed by atoms with Crippen molar-refractivity contribution in [1.29, 1.82) is 0 Å². The molecule has 1 unspecified atom stereocenters. The van der Waals surface area contributed by atoms with Gasteiger partial charge in [-0.2, -0.15) is 0 Å². The summed E-state index contributed by atoms with van der Waals surface area (Å²) in [5.41, 5.74) is 0. The summed E-state index contributed by atoms with van der Waals surface area (Å²) < 4.78 is 4.77. The number of ether oxygens (including phenoxy) is 1. The zero-order valence-corrected chi connectivity index (χ0v) is 9.16. The molecule has 0 amide bonds. The molecule has 0 fully saturated rings. The highest BCUT2D eigenvalue weighted by molar-refractivity contribution is 5.79. The minimum absolute atomic E-state index is 0.755. The van der Waals surface area contributed by atoms with E-state index in [1.165, 1.54) is 0 Å². The Bertz CT molecular complexity index is 246. The molecule has 6 nitrogen and oxygen atoms in total. The molecule has 0 aromatic heterocycles. The molecule has 0 saturated heterocycles. The molecule has 0 aromatic carbocycles. The monoisotopic (exact) mass is 232 g/mol. The van der Waals surface area contributed by atoms with Crippen LogP contribution >= 0.6 is 0 Å². The van der Waals surface area contributed by atoms with Crippen LogP contribution in [-0.4, -0.2) is 33.4 Å². The highest BCUT2D eigenvalue weighted by Gasteiger charge is 2.16. The van der Waals surface area contributed by atoms with Crippen LogP contribution in [0.4, 0.5) is 0 Å². The lowest BCUT2D eigenvalue weighted by atomic mass is 10.3. The van der Waals surface area contributed by atoms with Crippen molar-refractivity contribution in [1.82, 2.24) is 0 Å². The fourth-order valence-electron chi connectivity index (χ4n) is 0.455. The average Bonchev–Trinajstić information content (AvgIpc) is 2.18. The van der Waals surface area contributed by atoms with Crippen LogP contribution in [0.25, 0.3) is 0 Å². The SMILES string of the molecule is CC=COC=CC.O=C(O)CC(O)C(=O)O. The molecule has 0 aliphatic heterocycles. The maximum Gasteiger partial charge on any atom is 0.333 e. The van der Waals surface area contributed by atoms with Crippen LogP contribution in [0.2, 0.25) is 0 Å². The second-order valence-electron chi connectivity index (χ2n) is 2.53. The Morgan fingerprint density at radius 3 is 1.81 bits per heavy atom. The van der Waals surface area contributed by atoms with E-state index in [0.717, 1.165) is 0 Å². The summed E-state index contributed by atoms with van der Waals surface area (Å²) in [7, 11) is 0. The van der Waals surface area contributed by atoms with Gasteiger partial charge in [-0.3, -0.25) is 4.79 Å². The molecular weight excluding hydrogens is 216 g/mol. The number of aliphatic carboxylic acids is 2. The van der Waals surface area contributed by atoms with Gasteiger partial charge in [0, 0.05) is 0 Å². The van der Waals surface area contributed by atoms with Gasteiger partial charge >= 0.3 is 11.9 Å². The number of aliphatic hydroxyl groups excluding tert-OH is 1. The number of carbonyl (C=O) groups is 2. The Balaban J connectivity index is 0. The van der Waals surface area contributed by atoms with Gasteiger partial charge in [-0.25, -0.2) is 4.79 Å². The maximum absolute atomic E-state index is 9.72. The van der Waals surface area contributed by atoms with Gasteiger partial charge in [0.05, 0.1) is 18.9 Å². The van der Waals surface area contributed by atoms with Crippen molar-refractivity contribution >= 4 is 11.9 Å². The predicted molar refractivity (Wildman–Crippen MR) is 56.6 cm³/mol. The van der Waals surface area contributed by atoms with Gasteiger partial charge in [-0.15, -0.1) is 0 Å². The first-order chi connectivity index (χ1) is 7.45. The van der Waals surface area contributed by atoms with Crippen LogP contribution in [0.5, 0.6) is 0 Å². The number of hydrogen-bond acceptors (Lipinski definition) is 4. The minimum atomic E-state index is -1.79. The number of allylic oxidation sites excluding steroid dienone is 2. The standard InChI is InChI=1S/C6H10O.C4H6O5/c1-3-5-7-6-4-2;5-2(4(8)9)1-3(6)7/h3-6H,1-2H3;2,5H,1H2,(H,6,7)(H,8,9). The highest BCUT2D eigenvalue weighted by Crippen LogP contribution is 1.89. The molecule has 6 heteroatoms. The summed E-state index contributed by atoms with van der Waals surface area (Å²) in [4.78, 5) is 19.4. The van der Waals surface area contributed by atoms with E-state index in [4.69, 9.17) is 20.1 Å². The zero-order chi connectivity index (χ0) is 13.0. The molecule has 16 heavy (non-hydrogen) atoms. The molecular formula is C10H16O6. The van der Waals surface area contributed by atoms with Gasteiger partial charge < -0.3 is 20.1 Å². The Kier molecular flexibility index (Phi) is 11.7. The van der Waals surface area contributed by atoms with Crippen molar-refractivity contribution < 1.29 is 29.6 Å². The third kappa shape index (κ3) is 14.7. The van der Waals surface area contributed by atoms with E-state index in [9.17, 15) is 9.59 Å². The summed E-state index contributed by atoms with van der Waals surface area (Å²) in [5, 5.41) is 24.1. The molecule has 0 saturated carbocycles. The molecule has 0 bridgehead atoms. The number of carboxylic acids is 2. The molecule has 1 atom stereocenters. The molecule has 0 heterocycles. The van der Waals surface area contributed by atoms with E-state index in [-0.39, 0.29) is 0 Å². The minimum Gasteiger partial charge on any atom is -0.481 e. The van der Waals surface area contributed by atoms with Crippen molar-refractivity contribution in [3.8, 4) is 0 Å². The molecule has 0 aliphatic rings. The summed E-state index contributed by atoms with van der Waals surface area (Å²) in [6.07, 6.45) is 4.37. The topological polar surface area (TPSA) is 104 Å². The molecule has 3 N–H and O–H groups in total. The van der Waals surface area contributed by atoms with Crippen molar-refractivity contribution in [2.24, 2.45) is 0 Å². The third-order valence-electron chi connectivity index (χ3n) is 1.08. The van der Waals surface area contributed by atoms with Crippen LogP contribution in [-0.2, 0) is 14.3 Å². The lowest BCUT2D eigenvalue weighted by Crippen LogP contribution is -2.22. The quantitative estimate of drug-likeness (QED) is 0.610. The van der Waals surface area contributed by atoms with Crippen LogP contribution in [0.15, 0.2) is 24.7 Å². The van der Waals surface area contributed by atoms with E-state index >= 15 is 0 Å². The van der Waals surface area contributed by atoms with E-state index in [2.05, 4.69) is 0 Å². The van der Waals surface area contributed by atoms with Crippen molar-refractivity contribution in [2.75, 3.05) is 0 Å². The number of carboxylic acid groups (broad SMARTS) is 2. The fraction of sp³-hybridized carbons (Fsp3) is 0.400. The molecule has 0 aromatic rings. The van der Waals surface area contributed by atoms with E-state index < -0.39 is 24.5 Å². The second-order valence-corrected chi connectivity index (χ2v) is 2.53. The van der Waals surface area contributed by atoms with Gasteiger partial charge in [0.1, 0.15) is 0 Å². The molecule has 0 radical (unpaired) electrons. The second kappa shape index (κ2) is 11.3. The van der Waals surface area contributed by atoms with Gasteiger partial charge in [0.2, 0.25) is 0 Å². The van der Waals surface area contributed by atoms with Crippen LogP contribution in [0.3, 0.4) is 0 Å². The Morgan fingerprint density at radius 1 is 1.19 bits per heavy atom. The predicted octanol–water partition coefficient (Wildman–Crippen LogP) is 0.977. The number of aliphatic hydroxyl groups is 1. The normalized spacial score (nSPS) is 11.9. The van der Waals surface area contributed by atoms with Crippen molar-refractivity contribution in [3.05, 3.63) is 24.7 Å². The molecule has 0 spiro atoms. The van der Waals surface area contributed by atoms with Gasteiger partial charge in [-0.05, 0) is 13.8 Å². The van der Waals surface area contributed by atoms with Crippen LogP contribution < -0.4 is 0 Å². The van der Waals surface area contributed by atoms with Crippen molar-refractivity contribution in [3.63, 3.8) is 0 Å². The summed E-state index contributed by atoms with van der Waals surface area (Å²) in [5.74, 6) is -2.85. The van der Waals surface area contributed by atoms with Crippen LogP contribution in [0, 0.1) is 0 Å². The van der Waals surface area contributed by atoms with E-state index in [1.54, 1.807) is 12.5 Å². The lowest BCUT2D eigenvalue weighted by molar-refractivity contribution is -0.152. The van der Waals surface area contributed by atoms with E-state index in [1.807, 2.05) is 26.0 Å². The Morgan fingerprint density at radius 2 is 1.62 bits per heavy atom. The number of hydrogen-bond donors (Lipinski definition) is 3. The summed E-state index contributed by atoms with van der Waals surface area (Å²) >= 11 is 0. The highest BCUT2D eigenvalue weighted by atomic mass is 16.5. The van der Waals surface area contributed by atoms with Crippen molar-refractivity contribution in [2.45, 2.75) is 26.4 Å². The molecule has 0 rings (SSSR count). The lowest BCUT2D eigenvalue weighted by Gasteiger charge is -1.97. The molecule has 92 valence electrons. The Labute approximate surface area is 93.5 Å². The largest absolute Gasteiger partial charge is 0.481 e. The smallest absolute Gasteiger partial charge is 0.333 e. The van der Waals surface area contributed by atoms with Gasteiger partial charge in [0.15, 0.2) is 6.10 Å². The van der Waals surface area contributed by atoms with Gasteiger partial charge in [-0.1, -0.05) is 12.2 Å². The first kappa shape index (κ1) is 16.6. The zero-order valence-electron chi connectivity index (χ0n) is 9.16. The first-order valence-corrected chi connectivity index (χ1v) is 4.46. The summed E-state index contributed by atoms with van der Waals surface area (Å²) in [6, 6.07) is 0. The fourth-order valence-corrected chi connectivity index (χ4v) is 0.455. The number of rotatable bonds is 5. The summed E-state index contributed by atoms with van der Waals surface area (Å²) in [6.45, 7) is 3.81. The average molecular weight is 232 g/mol. The Hall–Kier alpha value is -1.82. The first-order valence-electron chi connectivity index (χ1n) is 4.46. The van der Waals surface area contributed by atoms with E-state index in [0.29, 0.717) is 0 Å².